The number of methoxy groups -OCH3 is 1. The number of benzene rings is 3. The van der Waals surface area contributed by atoms with Gasteiger partial charge in [0.1, 0.15) is 11.5 Å². The van der Waals surface area contributed by atoms with Crippen molar-refractivity contribution in [1.82, 2.24) is 0 Å². The minimum absolute atomic E-state index is 0.0499. The van der Waals surface area contributed by atoms with E-state index >= 15 is 0 Å². The second-order valence-corrected chi connectivity index (χ2v) is 8.86. The van der Waals surface area contributed by atoms with Gasteiger partial charge in [-0.25, -0.2) is 8.42 Å². The summed E-state index contributed by atoms with van der Waals surface area (Å²) in [5.41, 5.74) is 1.93. The van der Waals surface area contributed by atoms with Gasteiger partial charge in [-0.05, 0) is 73.5 Å². The van der Waals surface area contributed by atoms with Gasteiger partial charge in [0.25, 0.3) is 10.0 Å². The van der Waals surface area contributed by atoms with Gasteiger partial charge in [-0.2, -0.15) is 0 Å². The number of nitrogens with one attached hydrogen (secondary N) is 2. The highest BCUT2D eigenvalue weighted by Gasteiger charge is 2.15. The van der Waals surface area contributed by atoms with Crippen molar-refractivity contribution in [1.29, 1.82) is 0 Å². The molecule has 0 bridgehead atoms. The normalized spacial score (nSPS) is 10.9. The van der Waals surface area contributed by atoms with Crippen molar-refractivity contribution in [3.8, 4) is 11.5 Å². The van der Waals surface area contributed by atoms with Crippen LogP contribution in [0.2, 0.25) is 0 Å². The summed E-state index contributed by atoms with van der Waals surface area (Å²) < 4.78 is 38.6. The molecule has 3 aromatic rings. The van der Waals surface area contributed by atoms with Gasteiger partial charge in [0.15, 0.2) is 0 Å². The monoisotopic (exact) mass is 454 g/mol. The average Bonchev–Trinajstić information content (AvgIpc) is 2.77. The van der Waals surface area contributed by atoms with Crippen LogP contribution in [0, 0.1) is 6.92 Å². The first-order chi connectivity index (χ1) is 15.4. The van der Waals surface area contributed by atoms with Crippen LogP contribution in [0.1, 0.15) is 18.4 Å². The number of aryl methyl sites for hydroxylation is 1. The number of carbonyl (C=O) groups excluding carboxylic acids is 1. The predicted molar refractivity (Wildman–Crippen MR) is 125 cm³/mol. The minimum atomic E-state index is -3.81. The maximum Gasteiger partial charge on any atom is 0.261 e. The maximum absolute atomic E-state index is 12.7. The molecule has 0 unspecified atom stereocenters. The Kier molecular flexibility index (Phi) is 7.72. The zero-order valence-corrected chi connectivity index (χ0v) is 18.8. The molecule has 0 aromatic heterocycles. The molecule has 3 rings (SSSR count). The zero-order valence-electron chi connectivity index (χ0n) is 18.0. The SMILES string of the molecule is COc1ccc(NS(=O)(=O)c2cccc(NC(=O)CCCOc3cccc(C)c3)c2)cc1. The van der Waals surface area contributed by atoms with Crippen molar-refractivity contribution in [2.24, 2.45) is 0 Å². The number of ether oxygens (including phenoxy) is 2. The fourth-order valence-electron chi connectivity index (χ4n) is 2.97. The van der Waals surface area contributed by atoms with E-state index in [2.05, 4.69) is 10.0 Å². The number of rotatable bonds is 10. The van der Waals surface area contributed by atoms with Gasteiger partial charge in [-0.1, -0.05) is 18.2 Å². The fraction of sp³-hybridized carbons (Fsp3) is 0.208. The third kappa shape index (κ3) is 6.75. The van der Waals surface area contributed by atoms with Crippen LogP contribution in [0.5, 0.6) is 11.5 Å². The Morgan fingerprint density at radius 2 is 1.66 bits per heavy atom. The number of sulfonamides is 1. The Labute approximate surface area is 188 Å². The number of hydrogen-bond donors (Lipinski definition) is 2. The zero-order chi connectivity index (χ0) is 23.0. The lowest BCUT2D eigenvalue weighted by Crippen LogP contribution is -2.15. The van der Waals surface area contributed by atoms with Crippen LogP contribution in [0.15, 0.2) is 77.7 Å². The summed E-state index contributed by atoms with van der Waals surface area (Å²) in [7, 11) is -2.27. The molecule has 0 aliphatic heterocycles. The highest BCUT2D eigenvalue weighted by molar-refractivity contribution is 7.92. The van der Waals surface area contributed by atoms with Crippen molar-refractivity contribution in [3.05, 3.63) is 78.4 Å². The Hall–Kier alpha value is -3.52. The van der Waals surface area contributed by atoms with Crippen LogP contribution in [-0.4, -0.2) is 28.0 Å². The maximum atomic E-state index is 12.7. The van der Waals surface area contributed by atoms with Crippen LogP contribution in [-0.2, 0) is 14.8 Å². The van der Waals surface area contributed by atoms with E-state index in [0.29, 0.717) is 30.2 Å². The largest absolute Gasteiger partial charge is 0.497 e. The minimum Gasteiger partial charge on any atom is -0.497 e. The standard InChI is InChI=1S/C24H26N2O5S/c1-18-6-3-8-22(16-18)31-15-5-10-24(27)25-20-7-4-9-23(17-20)32(28,29)26-19-11-13-21(30-2)14-12-19/h3-4,6-9,11-14,16-17,26H,5,10,15H2,1-2H3,(H,25,27). The smallest absolute Gasteiger partial charge is 0.261 e. The Bertz CT molecular complexity index is 1160. The Morgan fingerprint density at radius 3 is 2.38 bits per heavy atom. The first-order valence-electron chi connectivity index (χ1n) is 10.1. The second-order valence-electron chi connectivity index (χ2n) is 7.18. The lowest BCUT2D eigenvalue weighted by Gasteiger charge is -2.11. The summed E-state index contributed by atoms with van der Waals surface area (Å²) in [5, 5.41) is 2.74. The van der Waals surface area contributed by atoms with Crippen molar-refractivity contribution < 1.29 is 22.7 Å². The molecule has 0 heterocycles. The lowest BCUT2D eigenvalue weighted by atomic mass is 10.2. The Morgan fingerprint density at radius 1 is 0.906 bits per heavy atom. The molecule has 2 N–H and O–H groups in total. The van der Waals surface area contributed by atoms with E-state index in [0.717, 1.165) is 11.3 Å². The molecule has 8 heteroatoms. The van der Waals surface area contributed by atoms with Gasteiger partial charge < -0.3 is 14.8 Å². The van der Waals surface area contributed by atoms with E-state index in [9.17, 15) is 13.2 Å². The van der Waals surface area contributed by atoms with Crippen LogP contribution >= 0.6 is 0 Å². The van der Waals surface area contributed by atoms with Gasteiger partial charge in [-0.3, -0.25) is 9.52 Å². The molecule has 0 aliphatic carbocycles. The number of carbonyl (C=O) groups is 1. The summed E-state index contributed by atoms with van der Waals surface area (Å²) >= 11 is 0. The topological polar surface area (TPSA) is 93.7 Å². The molecule has 0 aliphatic rings. The van der Waals surface area contributed by atoms with Gasteiger partial charge in [0.2, 0.25) is 5.91 Å². The molecule has 1 amide bonds. The van der Waals surface area contributed by atoms with Gasteiger partial charge >= 0.3 is 0 Å². The van der Waals surface area contributed by atoms with Crippen LogP contribution in [0.25, 0.3) is 0 Å². The van der Waals surface area contributed by atoms with Gasteiger partial charge in [0, 0.05) is 17.8 Å². The van der Waals surface area contributed by atoms with Crippen LogP contribution in [0.4, 0.5) is 11.4 Å². The lowest BCUT2D eigenvalue weighted by molar-refractivity contribution is -0.116. The number of anilines is 2. The van der Waals surface area contributed by atoms with Crippen molar-refractivity contribution >= 4 is 27.3 Å². The third-order valence-electron chi connectivity index (χ3n) is 4.58. The molecule has 0 spiro atoms. The summed E-state index contributed by atoms with van der Waals surface area (Å²) in [6, 6.07) is 20.4. The highest BCUT2D eigenvalue weighted by atomic mass is 32.2. The quantitative estimate of drug-likeness (QED) is 0.437. The van der Waals surface area contributed by atoms with Gasteiger partial charge in [-0.15, -0.1) is 0 Å². The molecule has 168 valence electrons. The summed E-state index contributed by atoms with van der Waals surface area (Å²) in [4.78, 5) is 12.3. The van der Waals surface area contributed by atoms with E-state index in [-0.39, 0.29) is 17.2 Å². The fourth-order valence-corrected chi connectivity index (χ4v) is 4.07. The third-order valence-corrected chi connectivity index (χ3v) is 5.96. The molecule has 0 fully saturated rings. The van der Waals surface area contributed by atoms with Gasteiger partial charge in [0.05, 0.1) is 18.6 Å². The average molecular weight is 455 g/mol. The molecular formula is C24H26N2O5S. The summed E-state index contributed by atoms with van der Waals surface area (Å²) in [6.07, 6.45) is 0.795. The van der Waals surface area contributed by atoms with E-state index in [1.54, 1.807) is 36.4 Å². The number of hydrogen-bond acceptors (Lipinski definition) is 5. The highest BCUT2D eigenvalue weighted by Crippen LogP contribution is 2.21. The first-order valence-corrected chi connectivity index (χ1v) is 11.6. The van der Waals surface area contributed by atoms with E-state index in [1.165, 1.54) is 19.2 Å². The Balaban J connectivity index is 1.53. The van der Waals surface area contributed by atoms with Crippen molar-refractivity contribution in [2.45, 2.75) is 24.7 Å². The van der Waals surface area contributed by atoms with Crippen LogP contribution < -0.4 is 19.5 Å². The van der Waals surface area contributed by atoms with Crippen molar-refractivity contribution in [2.75, 3.05) is 23.8 Å². The second kappa shape index (κ2) is 10.7. The van der Waals surface area contributed by atoms with Crippen LogP contribution in [0.3, 0.4) is 0 Å². The van der Waals surface area contributed by atoms with E-state index < -0.39 is 10.0 Å². The molecule has 0 radical (unpaired) electrons. The molecule has 0 atom stereocenters. The summed E-state index contributed by atoms with van der Waals surface area (Å²) in [6.45, 7) is 2.40. The van der Waals surface area contributed by atoms with E-state index in [1.807, 2.05) is 31.2 Å². The molecule has 3 aromatic carbocycles. The molecule has 7 nitrogen and oxygen atoms in total. The number of amides is 1. The molecule has 0 saturated carbocycles. The molecular weight excluding hydrogens is 428 g/mol. The van der Waals surface area contributed by atoms with E-state index in [4.69, 9.17) is 9.47 Å². The van der Waals surface area contributed by atoms with Crippen molar-refractivity contribution in [3.63, 3.8) is 0 Å². The summed E-state index contributed by atoms with van der Waals surface area (Å²) in [5.74, 6) is 1.19. The molecule has 32 heavy (non-hydrogen) atoms. The first kappa shape index (κ1) is 23.1. The molecule has 0 saturated heterocycles. The predicted octanol–water partition coefficient (Wildman–Crippen LogP) is 4.60.